The lowest BCUT2D eigenvalue weighted by Crippen LogP contribution is -2.24. The highest BCUT2D eigenvalue weighted by atomic mass is 16.4. The van der Waals surface area contributed by atoms with Crippen LogP contribution in [-0.4, -0.2) is 29.1 Å². The highest BCUT2D eigenvalue weighted by Gasteiger charge is 2.30. The van der Waals surface area contributed by atoms with Gasteiger partial charge in [0.25, 0.3) is 0 Å². The number of nitrogens with zero attached hydrogens (tertiary/aromatic N) is 2. The fourth-order valence-corrected chi connectivity index (χ4v) is 2.24. The van der Waals surface area contributed by atoms with Crippen LogP contribution < -0.4 is 4.90 Å². The molecule has 2 rings (SSSR count). The van der Waals surface area contributed by atoms with E-state index in [2.05, 4.69) is 23.7 Å². The Morgan fingerprint density at radius 2 is 2.18 bits per heavy atom. The summed E-state index contributed by atoms with van der Waals surface area (Å²) in [5.41, 5.74) is 1.36. The van der Waals surface area contributed by atoms with Gasteiger partial charge in [-0.25, -0.2) is 9.78 Å². The molecule has 1 N–H and O–H groups in total. The summed E-state index contributed by atoms with van der Waals surface area (Å²) in [6, 6.07) is 3.27. The quantitative estimate of drug-likeness (QED) is 0.853. The van der Waals surface area contributed by atoms with Crippen LogP contribution in [0.1, 0.15) is 36.3 Å². The minimum absolute atomic E-state index is 0.287. The molecule has 4 nitrogen and oxygen atoms in total. The van der Waals surface area contributed by atoms with Crippen molar-refractivity contribution in [1.29, 1.82) is 0 Å². The van der Waals surface area contributed by atoms with Gasteiger partial charge < -0.3 is 10.0 Å². The summed E-state index contributed by atoms with van der Waals surface area (Å²) in [6.07, 6.45) is 1.12. The van der Waals surface area contributed by atoms with Crippen molar-refractivity contribution < 1.29 is 9.90 Å². The molecule has 92 valence electrons. The zero-order chi connectivity index (χ0) is 12.6. The minimum atomic E-state index is -0.893. The van der Waals surface area contributed by atoms with Crippen LogP contribution in [0.5, 0.6) is 0 Å². The molecule has 1 aliphatic heterocycles. The van der Waals surface area contributed by atoms with E-state index in [1.807, 2.05) is 6.92 Å². The average molecular weight is 234 g/mol. The number of hydrogen-bond donors (Lipinski definition) is 1. The lowest BCUT2D eigenvalue weighted by atomic mass is 9.93. The third-order valence-electron chi connectivity index (χ3n) is 3.19. The Kier molecular flexibility index (Phi) is 2.81. The number of aromatic nitrogens is 1. The van der Waals surface area contributed by atoms with E-state index in [-0.39, 0.29) is 5.41 Å². The first-order valence-corrected chi connectivity index (χ1v) is 5.84. The molecule has 1 fully saturated rings. The fourth-order valence-electron chi connectivity index (χ4n) is 2.24. The van der Waals surface area contributed by atoms with Gasteiger partial charge in [-0.1, -0.05) is 13.8 Å². The predicted octanol–water partition coefficient (Wildman–Crippen LogP) is 2.32. The van der Waals surface area contributed by atoms with E-state index in [4.69, 9.17) is 5.11 Å². The van der Waals surface area contributed by atoms with E-state index in [0.717, 1.165) is 31.0 Å². The number of aromatic carboxylic acids is 1. The van der Waals surface area contributed by atoms with Crippen molar-refractivity contribution in [3.63, 3.8) is 0 Å². The first-order valence-electron chi connectivity index (χ1n) is 5.84. The number of rotatable bonds is 2. The molecule has 0 bridgehead atoms. The van der Waals surface area contributed by atoms with Gasteiger partial charge in [0.1, 0.15) is 5.82 Å². The van der Waals surface area contributed by atoms with Gasteiger partial charge in [-0.3, -0.25) is 0 Å². The molecule has 0 spiro atoms. The summed E-state index contributed by atoms with van der Waals surface area (Å²) in [6.45, 7) is 8.16. The number of anilines is 1. The van der Waals surface area contributed by atoms with Crippen LogP contribution in [0.4, 0.5) is 5.82 Å². The molecular weight excluding hydrogens is 216 g/mol. The molecule has 17 heavy (non-hydrogen) atoms. The van der Waals surface area contributed by atoms with E-state index in [9.17, 15) is 4.79 Å². The number of pyridine rings is 1. The summed E-state index contributed by atoms with van der Waals surface area (Å²) in [5, 5.41) is 9.03. The Morgan fingerprint density at radius 1 is 1.47 bits per heavy atom. The molecule has 0 radical (unpaired) electrons. The standard InChI is InChI=1S/C13H18N2O2/c1-9-6-10(12(16)17)7-11(14-9)15-5-4-13(2,3)8-15/h6-7H,4-5,8H2,1-3H3,(H,16,17). The van der Waals surface area contributed by atoms with Gasteiger partial charge in [-0.2, -0.15) is 0 Å². The number of aryl methyl sites for hydroxylation is 1. The number of hydrogen-bond acceptors (Lipinski definition) is 3. The Balaban J connectivity index is 2.30. The van der Waals surface area contributed by atoms with Crippen molar-refractivity contribution in [2.24, 2.45) is 5.41 Å². The molecular formula is C13H18N2O2. The van der Waals surface area contributed by atoms with E-state index < -0.39 is 5.97 Å². The van der Waals surface area contributed by atoms with Crippen LogP contribution in [0.2, 0.25) is 0 Å². The van der Waals surface area contributed by atoms with E-state index in [1.165, 1.54) is 0 Å². The monoisotopic (exact) mass is 234 g/mol. The molecule has 1 saturated heterocycles. The zero-order valence-corrected chi connectivity index (χ0v) is 10.5. The molecule has 4 heteroatoms. The van der Waals surface area contributed by atoms with Crippen LogP contribution in [0.3, 0.4) is 0 Å². The maximum atomic E-state index is 11.0. The van der Waals surface area contributed by atoms with Crippen LogP contribution in [0.25, 0.3) is 0 Å². The first-order chi connectivity index (χ1) is 7.87. The van der Waals surface area contributed by atoms with Crippen molar-refractivity contribution in [1.82, 2.24) is 4.98 Å². The third-order valence-corrected chi connectivity index (χ3v) is 3.19. The van der Waals surface area contributed by atoms with Gasteiger partial charge >= 0.3 is 5.97 Å². The summed E-state index contributed by atoms with van der Waals surface area (Å²) < 4.78 is 0. The Bertz CT molecular complexity index is 455. The SMILES string of the molecule is Cc1cc(C(=O)O)cc(N2CCC(C)(C)C2)n1. The summed E-state index contributed by atoms with van der Waals surface area (Å²) >= 11 is 0. The fraction of sp³-hybridized carbons (Fsp3) is 0.538. The Hall–Kier alpha value is -1.58. The highest BCUT2D eigenvalue weighted by molar-refractivity contribution is 5.88. The maximum absolute atomic E-state index is 11.0. The molecule has 1 aromatic rings. The second kappa shape index (κ2) is 4.02. The summed E-state index contributed by atoms with van der Waals surface area (Å²) in [7, 11) is 0. The van der Waals surface area contributed by atoms with Crippen LogP contribution in [0.15, 0.2) is 12.1 Å². The Morgan fingerprint density at radius 3 is 2.71 bits per heavy atom. The lowest BCUT2D eigenvalue weighted by molar-refractivity contribution is 0.0696. The minimum Gasteiger partial charge on any atom is -0.478 e. The van der Waals surface area contributed by atoms with Crippen molar-refractivity contribution in [3.8, 4) is 0 Å². The van der Waals surface area contributed by atoms with Gasteiger partial charge in [-0.05, 0) is 30.9 Å². The Labute approximate surface area is 101 Å². The zero-order valence-electron chi connectivity index (χ0n) is 10.5. The molecule has 0 unspecified atom stereocenters. The molecule has 0 aliphatic carbocycles. The van der Waals surface area contributed by atoms with Gasteiger partial charge in [0.05, 0.1) is 5.56 Å². The van der Waals surface area contributed by atoms with E-state index in [0.29, 0.717) is 5.56 Å². The van der Waals surface area contributed by atoms with Gasteiger partial charge in [0.2, 0.25) is 0 Å². The topological polar surface area (TPSA) is 53.4 Å². The number of carbonyl (C=O) groups is 1. The summed E-state index contributed by atoms with van der Waals surface area (Å²) in [5.74, 6) is -0.108. The first kappa shape index (κ1) is 11.9. The lowest BCUT2D eigenvalue weighted by Gasteiger charge is -2.21. The van der Waals surface area contributed by atoms with Crippen LogP contribution in [-0.2, 0) is 0 Å². The van der Waals surface area contributed by atoms with Gasteiger partial charge in [-0.15, -0.1) is 0 Å². The molecule has 0 atom stereocenters. The average Bonchev–Trinajstić information content (AvgIpc) is 2.58. The molecule has 1 aliphatic rings. The van der Waals surface area contributed by atoms with Gasteiger partial charge in [0.15, 0.2) is 0 Å². The second-order valence-electron chi connectivity index (χ2n) is 5.50. The molecule has 0 saturated carbocycles. The highest BCUT2D eigenvalue weighted by Crippen LogP contribution is 2.31. The molecule has 2 heterocycles. The number of carboxylic acids is 1. The third kappa shape index (κ3) is 2.57. The van der Waals surface area contributed by atoms with Crippen molar-refractivity contribution in [3.05, 3.63) is 23.4 Å². The molecule has 0 amide bonds. The van der Waals surface area contributed by atoms with E-state index in [1.54, 1.807) is 12.1 Å². The van der Waals surface area contributed by atoms with E-state index >= 15 is 0 Å². The largest absolute Gasteiger partial charge is 0.478 e. The number of carboxylic acid groups (broad SMARTS) is 1. The normalized spacial score (nSPS) is 18.4. The predicted molar refractivity (Wildman–Crippen MR) is 66.5 cm³/mol. The molecule has 0 aromatic carbocycles. The van der Waals surface area contributed by atoms with Crippen molar-refractivity contribution in [2.75, 3.05) is 18.0 Å². The smallest absolute Gasteiger partial charge is 0.335 e. The van der Waals surface area contributed by atoms with Crippen LogP contribution >= 0.6 is 0 Å². The maximum Gasteiger partial charge on any atom is 0.335 e. The van der Waals surface area contributed by atoms with Crippen molar-refractivity contribution >= 4 is 11.8 Å². The van der Waals surface area contributed by atoms with Crippen molar-refractivity contribution in [2.45, 2.75) is 27.2 Å². The van der Waals surface area contributed by atoms with Gasteiger partial charge in [0, 0.05) is 18.8 Å². The second-order valence-corrected chi connectivity index (χ2v) is 5.50. The van der Waals surface area contributed by atoms with Crippen LogP contribution in [0, 0.1) is 12.3 Å². The molecule has 1 aromatic heterocycles. The summed E-state index contributed by atoms with van der Waals surface area (Å²) in [4.78, 5) is 17.6.